The molecular formula is C15H23N3O3. The average Bonchev–Trinajstić information content (AvgIpc) is 2.43. The van der Waals surface area contributed by atoms with Gasteiger partial charge in [0.2, 0.25) is 0 Å². The van der Waals surface area contributed by atoms with Crippen LogP contribution in [0.25, 0.3) is 0 Å². The molecule has 0 bridgehead atoms. The Labute approximate surface area is 125 Å². The van der Waals surface area contributed by atoms with Crippen molar-refractivity contribution in [2.45, 2.75) is 33.2 Å². The van der Waals surface area contributed by atoms with Crippen LogP contribution in [0.3, 0.4) is 0 Å². The van der Waals surface area contributed by atoms with E-state index in [-0.39, 0.29) is 17.6 Å². The Morgan fingerprint density at radius 2 is 2.00 bits per heavy atom. The minimum Gasteiger partial charge on any atom is -0.383 e. The fourth-order valence-electron chi connectivity index (χ4n) is 2.27. The van der Waals surface area contributed by atoms with Crippen LogP contribution >= 0.6 is 0 Å². The Morgan fingerprint density at radius 1 is 1.38 bits per heavy atom. The average molecular weight is 293 g/mol. The number of rotatable bonds is 6. The third-order valence-corrected chi connectivity index (χ3v) is 3.50. The standard InChI is InChI=1S/C15H23N3O3/c1-10(2)8-11(3)17(5)15(19)12-6-7-14(18(20)21)13(9-12)16-4/h6-7,9-11,16H,8H2,1-5H3. The van der Waals surface area contributed by atoms with Crippen molar-refractivity contribution in [1.29, 1.82) is 0 Å². The van der Waals surface area contributed by atoms with Gasteiger partial charge in [0, 0.05) is 31.8 Å². The first-order valence-electron chi connectivity index (χ1n) is 7.01. The predicted molar refractivity (Wildman–Crippen MR) is 83.7 cm³/mol. The van der Waals surface area contributed by atoms with Gasteiger partial charge in [-0.2, -0.15) is 0 Å². The fraction of sp³-hybridized carbons (Fsp3) is 0.533. The molecule has 1 aromatic carbocycles. The summed E-state index contributed by atoms with van der Waals surface area (Å²) in [5.41, 5.74) is 0.755. The molecule has 21 heavy (non-hydrogen) atoms. The summed E-state index contributed by atoms with van der Waals surface area (Å²) >= 11 is 0. The number of hydrogen-bond donors (Lipinski definition) is 1. The molecule has 0 saturated carbocycles. The first-order chi connectivity index (χ1) is 9.77. The van der Waals surface area contributed by atoms with E-state index in [0.29, 0.717) is 17.2 Å². The van der Waals surface area contributed by atoms with Crippen LogP contribution in [0.5, 0.6) is 0 Å². The van der Waals surface area contributed by atoms with Crippen LogP contribution in [0.2, 0.25) is 0 Å². The zero-order chi connectivity index (χ0) is 16.2. The number of benzene rings is 1. The zero-order valence-electron chi connectivity index (χ0n) is 13.2. The molecule has 1 N–H and O–H groups in total. The molecule has 0 aromatic heterocycles. The molecule has 1 atom stereocenters. The van der Waals surface area contributed by atoms with Gasteiger partial charge in [-0.05, 0) is 31.4 Å². The van der Waals surface area contributed by atoms with Crippen molar-refractivity contribution in [2.75, 3.05) is 19.4 Å². The number of nitrogens with one attached hydrogen (secondary N) is 1. The maximum Gasteiger partial charge on any atom is 0.292 e. The molecule has 0 aliphatic heterocycles. The van der Waals surface area contributed by atoms with Gasteiger partial charge < -0.3 is 10.2 Å². The summed E-state index contributed by atoms with van der Waals surface area (Å²) in [5, 5.41) is 13.7. The largest absolute Gasteiger partial charge is 0.383 e. The smallest absolute Gasteiger partial charge is 0.292 e. The number of amides is 1. The summed E-state index contributed by atoms with van der Waals surface area (Å²) in [6, 6.07) is 4.50. The highest BCUT2D eigenvalue weighted by molar-refractivity contribution is 5.96. The van der Waals surface area contributed by atoms with Gasteiger partial charge in [-0.25, -0.2) is 0 Å². The molecule has 6 heteroatoms. The number of nitro benzene ring substituents is 1. The third-order valence-electron chi connectivity index (χ3n) is 3.50. The molecule has 0 radical (unpaired) electrons. The van der Waals surface area contributed by atoms with Crippen molar-refractivity contribution in [3.63, 3.8) is 0 Å². The van der Waals surface area contributed by atoms with Crippen molar-refractivity contribution in [1.82, 2.24) is 4.90 Å². The number of carbonyl (C=O) groups excluding carboxylic acids is 1. The lowest BCUT2D eigenvalue weighted by Gasteiger charge is -2.26. The van der Waals surface area contributed by atoms with Crippen molar-refractivity contribution >= 4 is 17.3 Å². The molecule has 0 heterocycles. The van der Waals surface area contributed by atoms with Gasteiger partial charge in [0.15, 0.2) is 0 Å². The second-order valence-electron chi connectivity index (χ2n) is 5.63. The molecular weight excluding hydrogens is 270 g/mol. The van der Waals surface area contributed by atoms with Crippen molar-refractivity contribution in [2.24, 2.45) is 5.92 Å². The molecule has 0 saturated heterocycles. The topological polar surface area (TPSA) is 75.5 Å². The predicted octanol–water partition coefficient (Wildman–Crippen LogP) is 3.14. The Bertz CT molecular complexity index is 529. The summed E-state index contributed by atoms with van der Waals surface area (Å²) in [5.74, 6) is 0.370. The lowest BCUT2D eigenvalue weighted by atomic mass is 10.0. The van der Waals surface area contributed by atoms with Gasteiger partial charge in [-0.1, -0.05) is 13.8 Å². The van der Waals surface area contributed by atoms with E-state index >= 15 is 0 Å². The molecule has 0 fully saturated rings. The normalized spacial score (nSPS) is 12.1. The van der Waals surface area contributed by atoms with Gasteiger partial charge in [-0.15, -0.1) is 0 Å². The van der Waals surface area contributed by atoms with Crippen LogP contribution in [0.1, 0.15) is 37.6 Å². The maximum absolute atomic E-state index is 12.4. The first-order valence-corrected chi connectivity index (χ1v) is 7.01. The van der Waals surface area contributed by atoms with Crippen LogP contribution < -0.4 is 5.32 Å². The van der Waals surface area contributed by atoms with Crippen LogP contribution in [-0.2, 0) is 0 Å². The highest BCUT2D eigenvalue weighted by atomic mass is 16.6. The van der Waals surface area contributed by atoms with Gasteiger partial charge >= 0.3 is 0 Å². The SMILES string of the molecule is CNc1cc(C(=O)N(C)C(C)CC(C)C)ccc1[N+](=O)[O-]. The summed E-state index contributed by atoms with van der Waals surface area (Å²) < 4.78 is 0. The van der Waals surface area contributed by atoms with Crippen LogP contribution in [0.4, 0.5) is 11.4 Å². The molecule has 116 valence electrons. The van der Waals surface area contributed by atoms with Crippen LogP contribution in [0, 0.1) is 16.0 Å². The summed E-state index contributed by atoms with van der Waals surface area (Å²) in [4.78, 5) is 24.6. The highest BCUT2D eigenvalue weighted by Gasteiger charge is 2.21. The molecule has 1 amide bonds. The van der Waals surface area contributed by atoms with E-state index in [1.165, 1.54) is 18.2 Å². The van der Waals surface area contributed by atoms with Crippen molar-refractivity contribution in [3.8, 4) is 0 Å². The lowest BCUT2D eigenvalue weighted by molar-refractivity contribution is -0.383. The van der Waals surface area contributed by atoms with E-state index in [4.69, 9.17) is 0 Å². The second kappa shape index (κ2) is 7.06. The molecule has 0 spiro atoms. The quantitative estimate of drug-likeness (QED) is 0.645. The Kier molecular flexibility index (Phi) is 5.69. The summed E-state index contributed by atoms with van der Waals surface area (Å²) in [7, 11) is 3.36. The van der Waals surface area contributed by atoms with Crippen LogP contribution in [0.15, 0.2) is 18.2 Å². The summed E-state index contributed by atoms with van der Waals surface area (Å²) in [6.07, 6.45) is 0.911. The first kappa shape index (κ1) is 16.9. The second-order valence-corrected chi connectivity index (χ2v) is 5.63. The number of carbonyl (C=O) groups is 1. The molecule has 0 aliphatic rings. The van der Waals surface area contributed by atoms with E-state index < -0.39 is 4.92 Å². The Balaban J connectivity index is 3.00. The fourth-order valence-corrected chi connectivity index (χ4v) is 2.27. The third kappa shape index (κ3) is 4.18. The summed E-state index contributed by atoms with van der Waals surface area (Å²) in [6.45, 7) is 6.22. The lowest BCUT2D eigenvalue weighted by Crippen LogP contribution is -2.35. The minimum absolute atomic E-state index is 0.0352. The molecule has 1 unspecified atom stereocenters. The highest BCUT2D eigenvalue weighted by Crippen LogP contribution is 2.26. The number of anilines is 1. The monoisotopic (exact) mass is 293 g/mol. The van der Waals surface area contributed by atoms with E-state index in [1.807, 2.05) is 6.92 Å². The number of hydrogen-bond acceptors (Lipinski definition) is 4. The zero-order valence-corrected chi connectivity index (χ0v) is 13.2. The van der Waals surface area contributed by atoms with Gasteiger partial charge in [0.05, 0.1) is 4.92 Å². The Hall–Kier alpha value is -2.11. The molecule has 1 aromatic rings. The van der Waals surface area contributed by atoms with Gasteiger partial charge in [0.1, 0.15) is 5.69 Å². The number of nitro groups is 1. The van der Waals surface area contributed by atoms with Crippen molar-refractivity contribution in [3.05, 3.63) is 33.9 Å². The van der Waals surface area contributed by atoms with E-state index in [0.717, 1.165) is 6.42 Å². The maximum atomic E-state index is 12.4. The van der Waals surface area contributed by atoms with Crippen molar-refractivity contribution < 1.29 is 9.72 Å². The Morgan fingerprint density at radius 3 is 2.48 bits per heavy atom. The molecule has 6 nitrogen and oxygen atoms in total. The number of nitrogens with zero attached hydrogens (tertiary/aromatic N) is 2. The van der Waals surface area contributed by atoms with E-state index in [2.05, 4.69) is 19.2 Å². The van der Waals surface area contributed by atoms with Gasteiger partial charge in [0.25, 0.3) is 11.6 Å². The molecule has 0 aliphatic carbocycles. The minimum atomic E-state index is -0.467. The van der Waals surface area contributed by atoms with Crippen LogP contribution in [-0.4, -0.2) is 35.9 Å². The van der Waals surface area contributed by atoms with E-state index in [1.54, 1.807) is 19.0 Å². The molecule has 1 rings (SSSR count). The van der Waals surface area contributed by atoms with E-state index in [9.17, 15) is 14.9 Å². The van der Waals surface area contributed by atoms with Gasteiger partial charge in [-0.3, -0.25) is 14.9 Å².